The number of fused-ring (bicyclic) bond motifs is 1. The summed E-state index contributed by atoms with van der Waals surface area (Å²) < 4.78 is 0. The number of aromatic amines is 1. The molecule has 118 valence electrons. The zero-order valence-corrected chi connectivity index (χ0v) is 12.9. The van der Waals surface area contributed by atoms with Crippen molar-refractivity contribution in [3.05, 3.63) is 36.8 Å². The Morgan fingerprint density at radius 1 is 1.26 bits per heavy atom. The van der Waals surface area contributed by atoms with Crippen LogP contribution in [0.25, 0.3) is 11.0 Å². The van der Waals surface area contributed by atoms with Crippen LogP contribution < -0.4 is 4.90 Å². The standard InChI is InChI=1S/C15H18N8/c1-22(9-13-16-4-2-5-17-13)11-3-6-23(8-11)15-12-7-20-21-14(12)18-10-19-15/h2,4-5,7,10-11H,3,6,8-9H2,1H3,(H,18,19,20,21). The predicted molar refractivity (Wildman–Crippen MR) is 85.8 cm³/mol. The van der Waals surface area contributed by atoms with Crippen LogP contribution in [0.1, 0.15) is 12.2 Å². The lowest BCUT2D eigenvalue weighted by Crippen LogP contribution is -2.34. The monoisotopic (exact) mass is 310 g/mol. The first kappa shape index (κ1) is 14.0. The molecule has 1 aliphatic rings. The van der Waals surface area contributed by atoms with Gasteiger partial charge in [0.15, 0.2) is 5.65 Å². The fraction of sp³-hybridized carbons (Fsp3) is 0.400. The van der Waals surface area contributed by atoms with Gasteiger partial charge in [0.1, 0.15) is 18.0 Å². The van der Waals surface area contributed by atoms with Crippen LogP contribution in [0.4, 0.5) is 5.82 Å². The number of rotatable bonds is 4. The number of anilines is 1. The van der Waals surface area contributed by atoms with Crippen LogP contribution in [0.2, 0.25) is 0 Å². The number of hydrogen-bond donors (Lipinski definition) is 1. The summed E-state index contributed by atoms with van der Waals surface area (Å²) in [5.41, 5.74) is 0.782. The van der Waals surface area contributed by atoms with E-state index in [-0.39, 0.29) is 0 Å². The van der Waals surface area contributed by atoms with E-state index in [9.17, 15) is 0 Å². The number of aromatic nitrogens is 6. The second-order valence-corrected chi connectivity index (χ2v) is 5.80. The van der Waals surface area contributed by atoms with Gasteiger partial charge in [0.05, 0.1) is 18.1 Å². The fourth-order valence-electron chi connectivity index (χ4n) is 3.06. The Balaban J connectivity index is 1.47. The first-order chi connectivity index (χ1) is 11.3. The molecule has 0 amide bonds. The highest BCUT2D eigenvalue weighted by Crippen LogP contribution is 2.26. The number of nitrogens with one attached hydrogen (secondary N) is 1. The largest absolute Gasteiger partial charge is 0.354 e. The van der Waals surface area contributed by atoms with Crippen LogP contribution in [0, 0.1) is 0 Å². The molecule has 3 aromatic rings. The third-order valence-corrected chi connectivity index (χ3v) is 4.32. The molecule has 3 aromatic heterocycles. The van der Waals surface area contributed by atoms with Crippen LogP contribution >= 0.6 is 0 Å². The van der Waals surface area contributed by atoms with Crippen molar-refractivity contribution in [3.8, 4) is 0 Å². The third-order valence-electron chi connectivity index (χ3n) is 4.32. The van der Waals surface area contributed by atoms with Gasteiger partial charge in [0, 0.05) is 31.5 Å². The van der Waals surface area contributed by atoms with Gasteiger partial charge in [0.2, 0.25) is 0 Å². The second kappa shape index (κ2) is 5.88. The molecule has 1 atom stereocenters. The Hall–Kier alpha value is -2.61. The zero-order valence-electron chi connectivity index (χ0n) is 12.9. The molecule has 0 radical (unpaired) electrons. The molecule has 23 heavy (non-hydrogen) atoms. The Kier molecular flexibility index (Phi) is 3.58. The quantitative estimate of drug-likeness (QED) is 0.764. The SMILES string of the molecule is CN(Cc1ncccn1)C1CCN(c2ncnc3[nH]ncc23)C1. The van der Waals surface area contributed by atoms with Gasteiger partial charge in [-0.1, -0.05) is 0 Å². The van der Waals surface area contributed by atoms with Gasteiger partial charge in [-0.25, -0.2) is 19.9 Å². The van der Waals surface area contributed by atoms with E-state index in [0.29, 0.717) is 6.04 Å². The maximum Gasteiger partial charge on any atom is 0.160 e. The number of H-pyrrole nitrogens is 1. The van der Waals surface area contributed by atoms with Gasteiger partial charge in [-0.15, -0.1) is 0 Å². The Labute approximate surface area is 133 Å². The summed E-state index contributed by atoms with van der Waals surface area (Å²) in [5.74, 6) is 1.81. The maximum absolute atomic E-state index is 4.45. The highest BCUT2D eigenvalue weighted by atomic mass is 15.3. The fourth-order valence-corrected chi connectivity index (χ4v) is 3.06. The van der Waals surface area contributed by atoms with Gasteiger partial charge in [-0.05, 0) is 19.5 Å². The number of nitrogens with zero attached hydrogens (tertiary/aromatic N) is 7. The molecule has 1 aliphatic heterocycles. The summed E-state index contributed by atoms with van der Waals surface area (Å²) in [6, 6.07) is 2.29. The smallest absolute Gasteiger partial charge is 0.160 e. The van der Waals surface area contributed by atoms with Crippen LogP contribution in [0.3, 0.4) is 0 Å². The zero-order chi connectivity index (χ0) is 15.6. The summed E-state index contributed by atoms with van der Waals surface area (Å²) in [6.45, 7) is 2.66. The molecule has 0 aliphatic carbocycles. The molecule has 4 heterocycles. The predicted octanol–water partition coefficient (Wildman–Crippen LogP) is 0.854. The average molecular weight is 310 g/mol. The summed E-state index contributed by atoms with van der Waals surface area (Å²) >= 11 is 0. The average Bonchev–Trinajstić information content (AvgIpc) is 3.25. The molecule has 0 saturated carbocycles. The maximum atomic E-state index is 4.45. The Bertz CT molecular complexity index is 786. The van der Waals surface area contributed by atoms with Crippen molar-refractivity contribution in [1.82, 2.24) is 35.0 Å². The molecule has 0 spiro atoms. The van der Waals surface area contributed by atoms with Crippen molar-refractivity contribution < 1.29 is 0 Å². The van der Waals surface area contributed by atoms with Crippen molar-refractivity contribution in [1.29, 1.82) is 0 Å². The minimum absolute atomic E-state index is 0.454. The summed E-state index contributed by atoms with van der Waals surface area (Å²) in [6.07, 6.45) is 8.04. The van der Waals surface area contributed by atoms with Crippen molar-refractivity contribution in [2.24, 2.45) is 0 Å². The molecule has 4 rings (SSSR count). The minimum atomic E-state index is 0.454. The van der Waals surface area contributed by atoms with E-state index < -0.39 is 0 Å². The molecule has 8 nitrogen and oxygen atoms in total. The molecule has 8 heteroatoms. The third kappa shape index (κ3) is 2.72. The van der Waals surface area contributed by atoms with Crippen LogP contribution in [0.15, 0.2) is 31.0 Å². The van der Waals surface area contributed by atoms with E-state index in [0.717, 1.165) is 48.7 Å². The lowest BCUT2D eigenvalue weighted by Gasteiger charge is -2.24. The van der Waals surface area contributed by atoms with E-state index >= 15 is 0 Å². The molecule has 0 aromatic carbocycles. The van der Waals surface area contributed by atoms with Gasteiger partial charge in [0.25, 0.3) is 0 Å². The summed E-state index contributed by atoms with van der Waals surface area (Å²) in [4.78, 5) is 21.9. The summed E-state index contributed by atoms with van der Waals surface area (Å²) in [7, 11) is 2.12. The van der Waals surface area contributed by atoms with E-state index in [1.165, 1.54) is 0 Å². The van der Waals surface area contributed by atoms with E-state index in [1.54, 1.807) is 24.9 Å². The van der Waals surface area contributed by atoms with Crippen LogP contribution in [0.5, 0.6) is 0 Å². The van der Waals surface area contributed by atoms with Gasteiger partial charge in [-0.3, -0.25) is 10.00 Å². The highest BCUT2D eigenvalue weighted by molar-refractivity contribution is 5.86. The van der Waals surface area contributed by atoms with Crippen molar-refractivity contribution >= 4 is 16.9 Å². The molecular formula is C15H18N8. The molecule has 1 fully saturated rings. The molecule has 1 N–H and O–H groups in total. The van der Waals surface area contributed by atoms with Crippen molar-refractivity contribution in [2.45, 2.75) is 19.0 Å². The van der Waals surface area contributed by atoms with Gasteiger partial charge >= 0.3 is 0 Å². The van der Waals surface area contributed by atoms with E-state index in [2.05, 4.69) is 47.0 Å². The minimum Gasteiger partial charge on any atom is -0.354 e. The molecule has 0 bridgehead atoms. The topological polar surface area (TPSA) is 86.7 Å². The Morgan fingerprint density at radius 3 is 3.00 bits per heavy atom. The highest BCUT2D eigenvalue weighted by Gasteiger charge is 2.28. The molecule has 1 unspecified atom stereocenters. The number of hydrogen-bond acceptors (Lipinski definition) is 7. The lowest BCUT2D eigenvalue weighted by molar-refractivity contribution is 0.244. The normalized spacial score (nSPS) is 18.2. The second-order valence-electron chi connectivity index (χ2n) is 5.80. The van der Waals surface area contributed by atoms with E-state index in [4.69, 9.17) is 0 Å². The Morgan fingerprint density at radius 2 is 2.13 bits per heavy atom. The van der Waals surface area contributed by atoms with Gasteiger partial charge < -0.3 is 4.90 Å². The van der Waals surface area contributed by atoms with Crippen molar-refractivity contribution in [3.63, 3.8) is 0 Å². The summed E-state index contributed by atoms with van der Waals surface area (Å²) in [5, 5.41) is 7.93. The van der Waals surface area contributed by atoms with Gasteiger partial charge in [-0.2, -0.15) is 5.10 Å². The van der Waals surface area contributed by atoms with Crippen molar-refractivity contribution in [2.75, 3.05) is 25.0 Å². The molecule has 1 saturated heterocycles. The molecular weight excluding hydrogens is 292 g/mol. The number of likely N-dealkylation sites (N-methyl/N-ethyl adjacent to an activating group) is 1. The lowest BCUT2D eigenvalue weighted by atomic mass is 10.2. The van der Waals surface area contributed by atoms with E-state index in [1.807, 2.05) is 6.07 Å². The van der Waals surface area contributed by atoms with Crippen LogP contribution in [-0.2, 0) is 6.54 Å². The first-order valence-corrected chi connectivity index (χ1v) is 7.66. The van der Waals surface area contributed by atoms with Crippen LogP contribution in [-0.4, -0.2) is 61.2 Å². The first-order valence-electron chi connectivity index (χ1n) is 7.66.